The molecule has 1 aromatic heterocycles. The summed E-state index contributed by atoms with van der Waals surface area (Å²) in [5.74, 6) is -0.449. The lowest BCUT2D eigenvalue weighted by atomic mass is 10.0. The maximum atomic E-state index is 12.7. The van der Waals surface area contributed by atoms with Gasteiger partial charge in [-0.3, -0.25) is 4.79 Å². The van der Waals surface area contributed by atoms with Gasteiger partial charge in [0.1, 0.15) is 11.8 Å². The van der Waals surface area contributed by atoms with E-state index in [4.69, 9.17) is 4.42 Å². The van der Waals surface area contributed by atoms with E-state index in [1.807, 2.05) is 0 Å². The van der Waals surface area contributed by atoms with Crippen molar-refractivity contribution in [2.75, 3.05) is 0 Å². The molecule has 0 radical (unpaired) electrons. The lowest BCUT2D eigenvalue weighted by Gasteiger charge is -2.07. The molecule has 16 heavy (non-hydrogen) atoms. The minimum Gasteiger partial charge on any atom is -0.464 e. The summed E-state index contributed by atoms with van der Waals surface area (Å²) < 4.78 is 43.0. The zero-order chi connectivity index (χ0) is 11.9. The summed E-state index contributed by atoms with van der Waals surface area (Å²) in [6.45, 7) is 1.21. The molecule has 2 nitrogen and oxygen atoms in total. The second kappa shape index (κ2) is 3.37. The van der Waals surface area contributed by atoms with Gasteiger partial charge in [-0.2, -0.15) is 13.2 Å². The Bertz CT molecular complexity index is 552. The molecule has 0 saturated carbocycles. The summed E-state index contributed by atoms with van der Waals surface area (Å²) in [5.41, 5.74) is -0.813. The smallest absolute Gasteiger partial charge is 0.417 e. The van der Waals surface area contributed by atoms with Crippen molar-refractivity contribution in [3.05, 3.63) is 35.6 Å². The molecule has 0 atom stereocenters. The molecule has 0 N–H and O–H groups in total. The van der Waals surface area contributed by atoms with Crippen LogP contribution in [0.5, 0.6) is 0 Å². The maximum absolute atomic E-state index is 12.7. The Morgan fingerprint density at radius 2 is 2.00 bits per heavy atom. The van der Waals surface area contributed by atoms with Gasteiger partial charge in [0.2, 0.25) is 0 Å². The lowest BCUT2D eigenvalue weighted by Crippen LogP contribution is -2.06. The highest BCUT2D eigenvalue weighted by Gasteiger charge is 2.34. The Labute approximate surface area is 88.7 Å². The molecular formula is C11H7F3O2. The van der Waals surface area contributed by atoms with Gasteiger partial charge in [-0.15, -0.1) is 0 Å². The number of alkyl halides is 3. The van der Waals surface area contributed by atoms with Crippen LogP contribution in [-0.4, -0.2) is 5.78 Å². The number of hydrogen-bond donors (Lipinski definition) is 0. The molecule has 1 heterocycles. The van der Waals surface area contributed by atoms with E-state index in [9.17, 15) is 18.0 Å². The van der Waals surface area contributed by atoms with Crippen molar-refractivity contribution < 1.29 is 22.4 Å². The van der Waals surface area contributed by atoms with Gasteiger partial charge in [0.25, 0.3) is 0 Å². The van der Waals surface area contributed by atoms with Crippen LogP contribution in [0.25, 0.3) is 11.0 Å². The van der Waals surface area contributed by atoms with Crippen LogP contribution in [0.1, 0.15) is 22.8 Å². The molecular weight excluding hydrogens is 221 g/mol. The zero-order valence-electron chi connectivity index (χ0n) is 8.26. The maximum Gasteiger partial charge on any atom is 0.417 e. The molecule has 0 spiro atoms. The normalized spacial score (nSPS) is 12.0. The molecule has 5 heteroatoms. The molecule has 0 aliphatic heterocycles. The molecule has 2 aromatic rings. The summed E-state index contributed by atoms with van der Waals surface area (Å²) in [7, 11) is 0. The average molecular weight is 228 g/mol. The fraction of sp³-hybridized carbons (Fsp3) is 0.182. The van der Waals surface area contributed by atoms with Crippen molar-refractivity contribution in [2.45, 2.75) is 13.1 Å². The Morgan fingerprint density at radius 3 is 2.56 bits per heavy atom. The van der Waals surface area contributed by atoms with Crippen molar-refractivity contribution >= 4 is 16.8 Å². The predicted molar refractivity (Wildman–Crippen MR) is 51.2 cm³/mol. The molecule has 0 unspecified atom stereocenters. The number of Topliss-reactive ketones (excluding diaryl/α,β-unsaturated/α-hetero) is 1. The van der Waals surface area contributed by atoms with Crippen LogP contribution in [0.15, 0.2) is 28.9 Å². The standard InChI is InChI=1S/C11H7F3O2/c1-6(15)7-5-16-9-4-2-3-8(10(7)9)11(12,13)14/h2-5H,1H3. The molecule has 2 rings (SSSR count). The monoisotopic (exact) mass is 228 g/mol. The van der Waals surface area contributed by atoms with E-state index in [0.717, 1.165) is 12.3 Å². The van der Waals surface area contributed by atoms with Crippen LogP contribution in [0.3, 0.4) is 0 Å². The minimum absolute atomic E-state index is 0.0390. The number of benzene rings is 1. The third-order valence-electron chi connectivity index (χ3n) is 2.28. The van der Waals surface area contributed by atoms with Gasteiger partial charge in [-0.1, -0.05) is 6.07 Å². The van der Waals surface area contributed by atoms with E-state index in [-0.39, 0.29) is 16.5 Å². The molecule has 84 valence electrons. The fourth-order valence-electron chi connectivity index (χ4n) is 1.58. The third-order valence-corrected chi connectivity index (χ3v) is 2.28. The number of fused-ring (bicyclic) bond motifs is 1. The van der Waals surface area contributed by atoms with Crippen molar-refractivity contribution in [3.63, 3.8) is 0 Å². The van der Waals surface area contributed by atoms with Crippen LogP contribution in [0, 0.1) is 0 Å². The van der Waals surface area contributed by atoms with Crippen LogP contribution in [0.2, 0.25) is 0 Å². The van der Waals surface area contributed by atoms with Crippen molar-refractivity contribution in [2.24, 2.45) is 0 Å². The molecule has 0 amide bonds. The average Bonchev–Trinajstić information content (AvgIpc) is 2.58. The van der Waals surface area contributed by atoms with Crippen LogP contribution >= 0.6 is 0 Å². The highest BCUT2D eigenvalue weighted by atomic mass is 19.4. The molecule has 0 bridgehead atoms. The van der Waals surface area contributed by atoms with Gasteiger partial charge < -0.3 is 4.42 Å². The van der Waals surface area contributed by atoms with E-state index >= 15 is 0 Å². The van der Waals surface area contributed by atoms with Crippen LogP contribution in [0.4, 0.5) is 13.2 Å². The summed E-state index contributed by atoms with van der Waals surface area (Å²) >= 11 is 0. The topological polar surface area (TPSA) is 30.2 Å². The van der Waals surface area contributed by atoms with Crippen molar-refractivity contribution in [1.29, 1.82) is 0 Å². The first-order valence-electron chi connectivity index (χ1n) is 4.49. The predicted octanol–water partition coefficient (Wildman–Crippen LogP) is 3.65. The summed E-state index contributed by atoms with van der Waals surface area (Å²) in [5, 5.41) is -0.164. The first-order valence-corrected chi connectivity index (χ1v) is 4.49. The quantitative estimate of drug-likeness (QED) is 0.697. The minimum atomic E-state index is -4.49. The van der Waals surface area contributed by atoms with Crippen LogP contribution < -0.4 is 0 Å². The Balaban J connectivity index is 2.84. The van der Waals surface area contributed by atoms with E-state index in [1.165, 1.54) is 19.1 Å². The second-order valence-electron chi connectivity index (χ2n) is 3.38. The molecule has 0 aliphatic rings. The molecule has 1 aromatic carbocycles. The number of carbonyl (C=O) groups is 1. The van der Waals surface area contributed by atoms with Crippen molar-refractivity contribution in [3.8, 4) is 0 Å². The number of furan rings is 1. The lowest BCUT2D eigenvalue weighted by molar-refractivity contribution is -0.136. The number of carbonyl (C=O) groups excluding carboxylic acids is 1. The number of ketones is 1. The van der Waals surface area contributed by atoms with Gasteiger partial charge in [0.15, 0.2) is 5.78 Å². The number of rotatable bonds is 1. The van der Waals surface area contributed by atoms with Crippen LogP contribution in [-0.2, 0) is 6.18 Å². The SMILES string of the molecule is CC(=O)c1coc2cccc(C(F)(F)F)c12. The highest BCUT2D eigenvalue weighted by molar-refractivity contribution is 6.07. The van der Waals surface area contributed by atoms with Gasteiger partial charge in [0, 0.05) is 5.39 Å². The van der Waals surface area contributed by atoms with E-state index in [2.05, 4.69) is 0 Å². The molecule has 0 saturated heterocycles. The second-order valence-corrected chi connectivity index (χ2v) is 3.38. The zero-order valence-corrected chi connectivity index (χ0v) is 8.26. The molecule has 0 fully saturated rings. The fourth-order valence-corrected chi connectivity index (χ4v) is 1.58. The summed E-state index contributed by atoms with van der Waals surface area (Å²) in [4.78, 5) is 11.2. The molecule has 0 aliphatic carbocycles. The van der Waals surface area contributed by atoms with Gasteiger partial charge in [-0.25, -0.2) is 0 Å². The van der Waals surface area contributed by atoms with Gasteiger partial charge in [0.05, 0.1) is 11.1 Å². The summed E-state index contributed by atoms with van der Waals surface area (Å²) in [6, 6.07) is 3.58. The Morgan fingerprint density at radius 1 is 1.31 bits per heavy atom. The Hall–Kier alpha value is -1.78. The Kier molecular flexibility index (Phi) is 2.26. The van der Waals surface area contributed by atoms with Gasteiger partial charge >= 0.3 is 6.18 Å². The first kappa shape index (κ1) is 10.7. The largest absolute Gasteiger partial charge is 0.464 e. The third kappa shape index (κ3) is 1.58. The van der Waals surface area contributed by atoms with E-state index in [0.29, 0.717) is 0 Å². The van der Waals surface area contributed by atoms with E-state index in [1.54, 1.807) is 0 Å². The highest BCUT2D eigenvalue weighted by Crippen LogP contribution is 2.37. The van der Waals surface area contributed by atoms with Crippen molar-refractivity contribution in [1.82, 2.24) is 0 Å². The number of halogens is 3. The summed E-state index contributed by atoms with van der Waals surface area (Å²) in [6.07, 6.45) is -3.43. The first-order chi connectivity index (χ1) is 7.41. The van der Waals surface area contributed by atoms with E-state index < -0.39 is 17.5 Å². The van der Waals surface area contributed by atoms with Gasteiger partial charge in [-0.05, 0) is 19.1 Å². The number of hydrogen-bond acceptors (Lipinski definition) is 2.